The molecular weight excluding hydrogens is 822 g/mol. The number of carbonyl (C=O) groups is 9. The van der Waals surface area contributed by atoms with Crippen LogP contribution in [0.15, 0.2) is 35.2 Å². The Morgan fingerprint density at radius 2 is 1.32 bits per heavy atom. The van der Waals surface area contributed by atoms with Crippen LogP contribution in [-0.2, 0) is 95.3 Å². The second kappa shape index (κ2) is 22.3. The summed E-state index contributed by atoms with van der Waals surface area (Å²) in [5, 5.41) is 2.55. The van der Waals surface area contributed by atoms with E-state index >= 15 is 0 Å². The number of esters is 8. The first-order chi connectivity index (χ1) is 28.2. The molecule has 3 rings (SSSR count). The standard InChI is InChI=1S/C38H49NO20S/c1-18(40)39-30-27(52-21(4)43)15-38(37(48)49-9,58-33(30)31(54-23(6)45)28(53-22(5)44)16-50-19(2)41)59-34-32(55-24(7)46)29(17-51-20(3)42)57-36(35(34)56-25(8)47)60-26-13-11-10-12-14-26/h10-14,27-36H,15-17H2,1-9H3,(H,39,40)/t27-,28+,29+,30+,31-,32-,33+,34-,35+,36-,38-/m0/s1. The van der Waals surface area contributed by atoms with Crippen LogP contribution in [0.3, 0.4) is 0 Å². The SMILES string of the molecule is COC(=O)[C@@]1(O[C@H]2[C@@H](OC(C)=O)[C@@H](COC(C)=O)O[C@@H](Sc3ccccc3)[C@@H]2OC(C)=O)C[C@H](OC(C)=O)[C@@H](NC(C)=O)[C@H]([C@@H](OC(C)=O)[C@@H](COC(C)=O)OC(C)=O)O1. The summed E-state index contributed by atoms with van der Waals surface area (Å²) in [7, 11) is 0.938. The first-order valence-corrected chi connectivity index (χ1v) is 19.2. The van der Waals surface area contributed by atoms with Crippen molar-refractivity contribution in [3.63, 3.8) is 0 Å². The molecule has 1 N–H and O–H groups in total. The van der Waals surface area contributed by atoms with Gasteiger partial charge in [0.1, 0.15) is 43.1 Å². The van der Waals surface area contributed by atoms with Crippen molar-refractivity contribution < 1.29 is 95.3 Å². The Kier molecular flexibility index (Phi) is 18.3. The van der Waals surface area contributed by atoms with Crippen LogP contribution in [0.1, 0.15) is 61.8 Å². The van der Waals surface area contributed by atoms with Gasteiger partial charge in [-0.15, -0.1) is 0 Å². The van der Waals surface area contributed by atoms with Gasteiger partial charge in [0.15, 0.2) is 24.4 Å². The molecule has 0 aromatic heterocycles. The van der Waals surface area contributed by atoms with Gasteiger partial charge < -0.3 is 57.4 Å². The molecule has 2 aliphatic heterocycles. The van der Waals surface area contributed by atoms with Gasteiger partial charge in [0, 0.05) is 60.3 Å². The molecule has 1 aromatic carbocycles. The molecule has 22 heteroatoms. The Bertz CT molecular complexity index is 1740. The Balaban J connectivity index is 2.40. The van der Waals surface area contributed by atoms with Crippen LogP contribution in [0.2, 0.25) is 0 Å². The molecule has 2 saturated heterocycles. The van der Waals surface area contributed by atoms with E-state index < -0.39 is 139 Å². The lowest BCUT2D eigenvalue weighted by Crippen LogP contribution is -2.71. The maximum Gasteiger partial charge on any atom is 0.366 e. The Morgan fingerprint density at radius 1 is 0.733 bits per heavy atom. The normalized spacial score (nSPS) is 27.0. The fourth-order valence-corrected chi connectivity index (χ4v) is 7.59. The third-order valence-electron chi connectivity index (χ3n) is 8.46. The second-order valence-corrected chi connectivity index (χ2v) is 14.6. The smallest absolute Gasteiger partial charge is 0.366 e. The molecule has 21 nitrogen and oxygen atoms in total. The summed E-state index contributed by atoms with van der Waals surface area (Å²) < 4.78 is 63.0. The molecule has 1 amide bonds. The zero-order valence-corrected chi connectivity index (χ0v) is 35.2. The molecule has 0 saturated carbocycles. The lowest BCUT2D eigenvalue weighted by Gasteiger charge is -2.51. The number of hydrogen-bond acceptors (Lipinski definition) is 21. The number of ether oxygens (including phenoxy) is 11. The Hall–Kier alpha value is -5.32. The number of amides is 1. The van der Waals surface area contributed by atoms with Crippen LogP contribution >= 0.6 is 11.8 Å². The Labute approximate surface area is 348 Å². The van der Waals surface area contributed by atoms with Gasteiger partial charge in [-0.2, -0.15) is 0 Å². The highest BCUT2D eigenvalue weighted by Gasteiger charge is 2.63. The van der Waals surface area contributed by atoms with E-state index in [-0.39, 0.29) is 0 Å². The zero-order chi connectivity index (χ0) is 44.9. The minimum Gasteiger partial charge on any atom is -0.465 e. The molecule has 0 radical (unpaired) electrons. The van der Waals surface area contributed by atoms with Gasteiger partial charge >= 0.3 is 47.8 Å². The first-order valence-electron chi connectivity index (χ1n) is 18.4. The minimum absolute atomic E-state index is 0.560. The molecule has 2 heterocycles. The summed E-state index contributed by atoms with van der Waals surface area (Å²) in [6, 6.07) is 7.03. The summed E-state index contributed by atoms with van der Waals surface area (Å²) >= 11 is 1.02. The molecule has 0 spiro atoms. The van der Waals surface area contributed by atoms with Crippen molar-refractivity contribution in [2.24, 2.45) is 0 Å². The van der Waals surface area contributed by atoms with Gasteiger partial charge in [-0.25, -0.2) is 4.79 Å². The zero-order valence-electron chi connectivity index (χ0n) is 34.4. The second-order valence-electron chi connectivity index (χ2n) is 13.4. The third-order valence-corrected chi connectivity index (χ3v) is 9.62. The van der Waals surface area contributed by atoms with Crippen molar-refractivity contribution in [3.8, 4) is 0 Å². The van der Waals surface area contributed by atoms with Crippen molar-refractivity contribution in [2.45, 2.75) is 133 Å². The largest absolute Gasteiger partial charge is 0.465 e. The molecule has 0 bridgehead atoms. The molecule has 0 unspecified atom stereocenters. The maximum absolute atomic E-state index is 14.3. The van der Waals surface area contributed by atoms with Crippen molar-refractivity contribution in [1.29, 1.82) is 0 Å². The molecule has 0 aliphatic carbocycles. The minimum atomic E-state index is -2.86. The van der Waals surface area contributed by atoms with Crippen LogP contribution in [0.4, 0.5) is 0 Å². The van der Waals surface area contributed by atoms with Crippen LogP contribution in [0.5, 0.6) is 0 Å². The van der Waals surface area contributed by atoms with Crippen LogP contribution in [-0.4, -0.2) is 140 Å². The summed E-state index contributed by atoms with van der Waals surface area (Å²) in [6.45, 7) is 7.00. The topological polar surface area (TPSA) is 267 Å². The van der Waals surface area contributed by atoms with Gasteiger partial charge in [-0.3, -0.25) is 38.4 Å². The number of thioether (sulfide) groups is 1. The number of hydrogen-bond donors (Lipinski definition) is 1. The van der Waals surface area contributed by atoms with Gasteiger partial charge in [0.2, 0.25) is 5.91 Å². The summed E-state index contributed by atoms with van der Waals surface area (Å²) in [5.41, 5.74) is -1.26. The number of carbonyl (C=O) groups excluding carboxylic acids is 9. The maximum atomic E-state index is 14.3. The van der Waals surface area contributed by atoms with E-state index in [4.69, 9.17) is 52.1 Å². The van der Waals surface area contributed by atoms with E-state index in [0.717, 1.165) is 74.3 Å². The van der Waals surface area contributed by atoms with Crippen LogP contribution in [0, 0.1) is 0 Å². The fourth-order valence-electron chi connectivity index (χ4n) is 6.46. The molecule has 60 heavy (non-hydrogen) atoms. The third kappa shape index (κ3) is 14.2. The van der Waals surface area contributed by atoms with E-state index in [0.29, 0.717) is 4.90 Å². The van der Waals surface area contributed by atoms with Gasteiger partial charge in [-0.05, 0) is 12.1 Å². The van der Waals surface area contributed by atoms with Crippen molar-refractivity contribution >= 4 is 65.4 Å². The monoisotopic (exact) mass is 871 g/mol. The average Bonchev–Trinajstić information content (AvgIpc) is 3.14. The number of benzene rings is 1. The summed E-state index contributed by atoms with van der Waals surface area (Å²) in [6.07, 6.45) is -14.4. The van der Waals surface area contributed by atoms with E-state index in [1.165, 1.54) is 0 Å². The molecule has 2 aliphatic rings. The van der Waals surface area contributed by atoms with Crippen molar-refractivity contribution in [1.82, 2.24) is 5.32 Å². The van der Waals surface area contributed by atoms with Crippen molar-refractivity contribution in [3.05, 3.63) is 30.3 Å². The van der Waals surface area contributed by atoms with Crippen LogP contribution < -0.4 is 5.32 Å². The molecule has 11 atom stereocenters. The fraction of sp³-hybridized carbons (Fsp3) is 0.605. The summed E-state index contributed by atoms with van der Waals surface area (Å²) in [5.74, 6) is -11.3. The van der Waals surface area contributed by atoms with E-state index in [1.54, 1.807) is 30.3 Å². The summed E-state index contributed by atoms with van der Waals surface area (Å²) in [4.78, 5) is 115. The molecule has 1 aromatic rings. The van der Waals surface area contributed by atoms with Gasteiger partial charge in [0.25, 0.3) is 5.79 Å². The van der Waals surface area contributed by atoms with Crippen LogP contribution in [0.25, 0.3) is 0 Å². The predicted octanol–water partition coefficient (Wildman–Crippen LogP) is 0.836. The molecule has 332 valence electrons. The van der Waals surface area contributed by atoms with E-state index in [1.807, 2.05) is 0 Å². The average molecular weight is 872 g/mol. The predicted molar refractivity (Wildman–Crippen MR) is 199 cm³/mol. The molecule has 2 fully saturated rings. The van der Waals surface area contributed by atoms with E-state index in [9.17, 15) is 43.2 Å². The molecular formula is C38H49NO20S. The first kappa shape index (κ1) is 49.0. The quantitative estimate of drug-likeness (QED) is 0.168. The lowest BCUT2D eigenvalue weighted by atomic mass is 9.87. The van der Waals surface area contributed by atoms with Crippen molar-refractivity contribution in [2.75, 3.05) is 20.3 Å². The Morgan fingerprint density at radius 3 is 1.83 bits per heavy atom. The highest BCUT2D eigenvalue weighted by Crippen LogP contribution is 2.43. The number of nitrogens with one attached hydrogen (secondary N) is 1. The van der Waals surface area contributed by atoms with Gasteiger partial charge in [0.05, 0.1) is 19.6 Å². The van der Waals surface area contributed by atoms with Gasteiger partial charge in [-0.1, -0.05) is 30.0 Å². The highest BCUT2D eigenvalue weighted by atomic mass is 32.2. The number of methoxy groups -OCH3 is 1. The lowest BCUT2D eigenvalue weighted by molar-refractivity contribution is -0.351. The highest BCUT2D eigenvalue weighted by molar-refractivity contribution is 7.99. The number of rotatable bonds is 17. The van der Waals surface area contributed by atoms with E-state index in [2.05, 4.69) is 5.32 Å².